The number of rotatable bonds is 37. The van der Waals surface area contributed by atoms with E-state index in [1.165, 1.54) is 186 Å². The summed E-state index contributed by atoms with van der Waals surface area (Å²) in [6, 6.07) is 0. The Kier molecular flexibility index (Phi) is 37.5. The van der Waals surface area contributed by atoms with Crippen molar-refractivity contribution in [1.29, 1.82) is 0 Å². The SMILES string of the molecule is CCCCCCCC/C=C\CCCCCCCCC(CCCCCC/C=C\CCCCCCCC)C(=O)OC(CC)CCCCC. The van der Waals surface area contributed by atoms with E-state index in [-0.39, 0.29) is 18.0 Å². The normalized spacial score (nSPS) is 13.2. The Balaban J connectivity index is 4.19. The van der Waals surface area contributed by atoms with Gasteiger partial charge in [0, 0.05) is 0 Å². The Labute approximate surface area is 290 Å². The second kappa shape index (κ2) is 38.4. The Morgan fingerprint density at radius 3 is 1.09 bits per heavy atom. The maximum absolute atomic E-state index is 13.3. The fourth-order valence-electron chi connectivity index (χ4n) is 6.53. The highest BCUT2D eigenvalue weighted by Gasteiger charge is 2.22. The van der Waals surface area contributed by atoms with Gasteiger partial charge in [0.1, 0.15) is 6.10 Å². The minimum absolute atomic E-state index is 0.105. The van der Waals surface area contributed by atoms with Gasteiger partial charge in [0.25, 0.3) is 0 Å². The molecule has 272 valence electrons. The molecule has 0 aliphatic heterocycles. The molecule has 0 saturated heterocycles. The number of allylic oxidation sites excluding steroid dienone is 4. The fourth-order valence-corrected chi connectivity index (χ4v) is 6.53. The highest BCUT2D eigenvalue weighted by Crippen LogP contribution is 2.23. The summed E-state index contributed by atoms with van der Waals surface area (Å²) in [4.78, 5) is 13.3. The van der Waals surface area contributed by atoms with Crippen LogP contribution in [0, 0.1) is 5.92 Å². The summed E-state index contributed by atoms with van der Waals surface area (Å²) in [6.45, 7) is 8.99. The number of carbonyl (C=O) groups is 1. The summed E-state index contributed by atoms with van der Waals surface area (Å²) < 4.78 is 6.10. The monoisotopic (exact) mass is 645 g/mol. The average molecular weight is 645 g/mol. The molecule has 0 aromatic carbocycles. The molecule has 0 aliphatic carbocycles. The lowest BCUT2D eigenvalue weighted by Crippen LogP contribution is -2.24. The van der Waals surface area contributed by atoms with Gasteiger partial charge in [0.05, 0.1) is 5.92 Å². The third-order valence-corrected chi connectivity index (χ3v) is 9.83. The van der Waals surface area contributed by atoms with E-state index >= 15 is 0 Å². The molecule has 0 bridgehead atoms. The van der Waals surface area contributed by atoms with Crippen molar-refractivity contribution in [2.45, 2.75) is 246 Å². The van der Waals surface area contributed by atoms with Crippen molar-refractivity contribution in [3.05, 3.63) is 24.3 Å². The molecular weight excluding hydrogens is 560 g/mol. The van der Waals surface area contributed by atoms with Gasteiger partial charge < -0.3 is 4.74 Å². The van der Waals surface area contributed by atoms with Crippen molar-refractivity contribution in [3.63, 3.8) is 0 Å². The van der Waals surface area contributed by atoms with E-state index < -0.39 is 0 Å². The molecule has 2 nitrogen and oxygen atoms in total. The second-order valence-corrected chi connectivity index (χ2v) is 14.4. The van der Waals surface area contributed by atoms with Gasteiger partial charge in [-0.1, -0.05) is 180 Å². The zero-order valence-corrected chi connectivity index (χ0v) is 32.1. The first kappa shape index (κ1) is 45.0. The van der Waals surface area contributed by atoms with Crippen LogP contribution in [0.5, 0.6) is 0 Å². The molecule has 0 rings (SSSR count). The van der Waals surface area contributed by atoms with Gasteiger partial charge in [0.2, 0.25) is 0 Å². The second-order valence-electron chi connectivity index (χ2n) is 14.4. The number of esters is 1. The smallest absolute Gasteiger partial charge is 0.309 e. The third kappa shape index (κ3) is 32.9. The minimum atomic E-state index is 0.105. The zero-order valence-electron chi connectivity index (χ0n) is 32.1. The first-order valence-corrected chi connectivity index (χ1v) is 21.2. The maximum atomic E-state index is 13.3. The van der Waals surface area contributed by atoms with Gasteiger partial charge in [-0.15, -0.1) is 0 Å². The van der Waals surface area contributed by atoms with Crippen molar-refractivity contribution < 1.29 is 9.53 Å². The lowest BCUT2D eigenvalue weighted by Gasteiger charge is -2.21. The third-order valence-electron chi connectivity index (χ3n) is 9.83. The van der Waals surface area contributed by atoms with Gasteiger partial charge in [-0.05, 0) is 83.5 Å². The minimum Gasteiger partial charge on any atom is -0.462 e. The van der Waals surface area contributed by atoms with Crippen molar-refractivity contribution in [1.82, 2.24) is 0 Å². The first-order valence-electron chi connectivity index (χ1n) is 21.2. The van der Waals surface area contributed by atoms with Crippen LogP contribution in [0.2, 0.25) is 0 Å². The zero-order chi connectivity index (χ0) is 33.6. The average Bonchev–Trinajstić information content (AvgIpc) is 3.06. The molecule has 0 amide bonds. The van der Waals surface area contributed by atoms with Gasteiger partial charge in [0.15, 0.2) is 0 Å². The van der Waals surface area contributed by atoms with Gasteiger partial charge in [-0.25, -0.2) is 0 Å². The molecule has 0 N–H and O–H groups in total. The van der Waals surface area contributed by atoms with E-state index in [1.807, 2.05) is 0 Å². The van der Waals surface area contributed by atoms with Crippen molar-refractivity contribution >= 4 is 5.97 Å². The molecule has 2 atom stereocenters. The summed E-state index contributed by atoms with van der Waals surface area (Å²) in [5.74, 6) is 0.211. The van der Waals surface area contributed by atoms with Crippen molar-refractivity contribution in [2.75, 3.05) is 0 Å². The van der Waals surface area contributed by atoms with Crippen LogP contribution in [0.1, 0.15) is 240 Å². The molecule has 0 spiro atoms. The van der Waals surface area contributed by atoms with Crippen LogP contribution >= 0.6 is 0 Å². The predicted molar refractivity (Wildman–Crippen MR) is 207 cm³/mol. The lowest BCUT2D eigenvalue weighted by molar-refractivity contribution is -0.155. The van der Waals surface area contributed by atoms with Gasteiger partial charge >= 0.3 is 5.97 Å². The van der Waals surface area contributed by atoms with Crippen LogP contribution < -0.4 is 0 Å². The number of hydrogen-bond donors (Lipinski definition) is 0. The summed E-state index contributed by atoms with van der Waals surface area (Å²) in [5, 5.41) is 0. The van der Waals surface area contributed by atoms with Crippen LogP contribution in [0.25, 0.3) is 0 Å². The van der Waals surface area contributed by atoms with E-state index in [0.29, 0.717) is 0 Å². The largest absolute Gasteiger partial charge is 0.462 e. The number of hydrogen-bond acceptors (Lipinski definition) is 2. The van der Waals surface area contributed by atoms with Crippen LogP contribution in [-0.2, 0) is 9.53 Å². The molecule has 0 radical (unpaired) electrons. The summed E-state index contributed by atoms with van der Waals surface area (Å²) in [7, 11) is 0. The molecule has 46 heavy (non-hydrogen) atoms. The Bertz CT molecular complexity index is 650. The Morgan fingerprint density at radius 1 is 0.413 bits per heavy atom. The quantitative estimate of drug-likeness (QED) is 0.0382. The van der Waals surface area contributed by atoms with Crippen molar-refractivity contribution in [3.8, 4) is 0 Å². The molecule has 0 aromatic heterocycles. The molecule has 2 heteroatoms. The van der Waals surface area contributed by atoms with E-state index in [0.717, 1.165) is 25.7 Å². The first-order chi connectivity index (χ1) is 22.7. The molecular formula is C44H84O2. The molecule has 0 aromatic rings. The molecule has 2 unspecified atom stereocenters. The molecule has 0 fully saturated rings. The topological polar surface area (TPSA) is 26.3 Å². The van der Waals surface area contributed by atoms with Crippen LogP contribution in [-0.4, -0.2) is 12.1 Å². The van der Waals surface area contributed by atoms with Gasteiger partial charge in [-0.3, -0.25) is 4.79 Å². The van der Waals surface area contributed by atoms with E-state index in [1.54, 1.807) is 0 Å². The number of unbranched alkanes of at least 4 members (excludes halogenated alkanes) is 24. The van der Waals surface area contributed by atoms with Crippen LogP contribution in [0.4, 0.5) is 0 Å². The molecule has 0 heterocycles. The predicted octanol–water partition coefficient (Wildman–Crippen LogP) is 15.6. The number of carbonyl (C=O) groups excluding carboxylic acids is 1. The summed E-state index contributed by atoms with van der Waals surface area (Å²) in [5.41, 5.74) is 0. The highest BCUT2D eigenvalue weighted by molar-refractivity contribution is 5.72. The van der Waals surface area contributed by atoms with E-state index in [4.69, 9.17) is 4.74 Å². The van der Waals surface area contributed by atoms with Crippen LogP contribution in [0.15, 0.2) is 24.3 Å². The Hall–Kier alpha value is -1.05. The fraction of sp³-hybridized carbons (Fsp3) is 0.886. The van der Waals surface area contributed by atoms with Crippen LogP contribution in [0.3, 0.4) is 0 Å². The Morgan fingerprint density at radius 2 is 0.717 bits per heavy atom. The summed E-state index contributed by atoms with van der Waals surface area (Å²) >= 11 is 0. The van der Waals surface area contributed by atoms with E-state index in [2.05, 4.69) is 52.0 Å². The molecule has 0 saturated carbocycles. The van der Waals surface area contributed by atoms with Gasteiger partial charge in [-0.2, -0.15) is 0 Å². The standard InChI is InChI=1S/C44H84O2/c1-5-9-12-14-16-18-20-22-24-25-27-29-31-33-35-38-40-42(44(45)46-43(8-4)41-36-11-7-3)39-37-34-32-30-28-26-23-21-19-17-15-13-10-6-2/h22-24,26,42-43H,5-21,25,27-41H2,1-4H3/b24-22-,26-23-. The summed E-state index contributed by atoms with van der Waals surface area (Å²) in [6.07, 6.45) is 51.8. The molecule has 0 aliphatic rings. The lowest BCUT2D eigenvalue weighted by atomic mass is 9.94. The number of ether oxygens (including phenoxy) is 1. The van der Waals surface area contributed by atoms with Crippen molar-refractivity contribution in [2.24, 2.45) is 5.92 Å². The highest BCUT2D eigenvalue weighted by atomic mass is 16.5. The maximum Gasteiger partial charge on any atom is 0.309 e. The van der Waals surface area contributed by atoms with E-state index in [9.17, 15) is 4.79 Å².